The van der Waals surface area contributed by atoms with Crippen LogP contribution >= 0.6 is 11.3 Å². The molecule has 0 bridgehead atoms. The maximum absolute atomic E-state index is 2.50. The molecule has 0 fully saturated rings. The highest BCUT2D eigenvalue weighted by Crippen LogP contribution is 2.53. The highest BCUT2D eigenvalue weighted by molar-refractivity contribution is 7.26. The molecule has 11 aromatic rings. The van der Waals surface area contributed by atoms with Gasteiger partial charge in [0.1, 0.15) is 0 Å². The van der Waals surface area contributed by atoms with E-state index in [1.165, 1.54) is 109 Å². The summed E-state index contributed by atoms with van der Waals surface area (Å²) in [5.41, 5.74) is 18.5. The molecule has 1 aliphatic carbocycles. The molecule has 12 rings (SSSR count). The van der Waals surface area contributed by atoms with Crippen molar-refractivity contribution in [1.29, 1.82) is 0 Å². The van der Waals surface area contributed by atoms with E-state index in [2.05, 4.69) is 231 Å². The fourth-order valence-electron chi connectivity index (χ4n) is 10.4. The zero-order valence-corrected chi connectivity index (χ0v) is 36.1. The number of anilines is 3. The van der Waals surface area contributed by atoms with Crippen LogP contribution in [-0.4, -0.2) is 4.40 Å². The normalized spacial score (nSPS) is 13.5. The summed E-state index contributed by atoms with van der Waals surface area (Å²) < 4.78 is 5.09. The van der Waals surface area contributed by atoms with Gasteiger partial charge in [0.15, 0.2) is 0 Å². The Labute approximate surface area is 366 Å². The second kappa shape index (κ2) is 13.9. The standard InChI is InChI=1S/C59H44N2S/c1-5-6-8-18-43-34-41-17-13-21-49-50-22-14-20-45(57(50)61(43)56(41)49)40-26-30-46-47-31-29-44(36-53(47)59(3,4)52(46)35-40)60(42-27-24-39(25-28-42)38-15-9-7-10-16-38)54-33-37(2)32-51-48-19-11-12-23-55(48)62-58(51)54/h5-36H,1-4H3/b6-5-,18-8-. The number of para-hydroxylation sites is 2. The quantitative estimate of drug-likeness (QED) is 0.146. The van der Waals surface area contributed by atoms with Gasteiger partial charge in [-0.1, -0.05) is 147 Å². The van der Waals surface area contributed by atoms with Crippen LogP contribution in [-0.2, 0) is 5.41 Å². The number of rotatable bonds is 7. The second-order valence-corrected chi connectivity index (χ2v) is 18.4. The van der Waals surface area contributed by atoms with Gasteiger partial charge in [-0.3, -0.25) is 0 Å². The van der Waals surface area contributed by atoms with Crippen molar-refractivity contribution in [2.75, 3.05) is 4.90 Å². The lowest BCUT2D eigenvalue weighted by Crippen LogP contribution is -2.17. The number of hydrogen-bond acceptors (Lipinski definition) is 2. The average Bonchev–Trinajstić information content (AvgIpc) is 4.03. The van der Waals surface area contributed by atoms with Crippen LogP contribution in [0.25, 0.3) is 86.8 Å². The Morgan fingerprint density at radius 1 is 0.532 bits per heavy atom. The summed E-state index contributed by atoms with van der Waals surface area (Å²) in [5, 5.41) is 6.48. The molecule has 0 saturated heterocycles. The molecule has 0 amide bonds. The average molecular weight is 813 g/mol. The van der Waals surface area contributed by atoms with Crippen molar-refractivity contribution in [2.24, 2.45) is 0 Å². The Bertz CT molecular complexity index is 3620. The van der Waals surface area contributed by atoms with E-state index >= 15 is 0 Å². The number of aryl methyl sites for hydroxylation is 1. The third kappa shape index (κ3) is 5.48. The Balaban J connectivity index is 1.01. The lowest BCUT2D eigenvalue weighted by atomic mass is 9.81. The summed E-state index contributed by atoms with van der Waals surface area (Å²) in [6.45, 7) is 9.11. The number of hydrogen-bond donors (Lipinski definition) is 0. The SMILES string of the molecule is C/C=C\C=C/c1cc2cccc3c4cccc(-c5ccc6c(c5)C(C)(C)c5cc(N(c7ccc(-c8ccccc8)cc7)c7cc(C)cc8c7sc7ccccc78)ccc5-6)c4n1c23. The van der Waals surface area contributed by atoms with Gasteiger partial charge >= 0.3 is 0 Å². The monoisotopic (exact) mass is 812 g/mol. The van der Waals surface area contributed by atoms with Gasteiger partial charge < -0.3 is 9.30 Å². The first-order chi connectivity index (χ1) is 30.4. The molecule has 0 atom stereocenters. The van der Waals surface area contributed by atoms with E-state index in [0.29, 0.717) is 0 Å². The van der Waals surface area contributed by atoms with E-state index in [1.807, 2.05) is 11.3 Å². The van der Waals surface area contributed by atoms with E-state index in [0.717, 1.165) is 11.4 Å². The summed E-state index contributed by atoms with van der Waals surface area (Å²) in [5.74, 6) is 0. The summed E-state index contributed by atoms with van der Waals surface area (Å²) in [6, 6.07) is 63.6. The largest absolute Gasteiger partial charge is 0.309 e. The number of nitrogens with zero attached hydrogens (tertiary/aromatic N) is 2. The van der Waals surface area contributed by atoms with Gasteiger partial charge in [-0.15, -0.1) is 11.3 Å². The fourth-order valence-corrected chi connectivity index (χ4v) is 11.6. The highest BCUT2D eigenvalue weighted by Gasteiger charge is 2.37. The molecule has 3 aromatic heterocycles. The third-order valence-electron chi connectivity index (χ3n) is 13.3. The van der Waals surface area contributed by atoms with Gasteiger partial charge in [0.2, 0.25) is 0 Å². The van der Waals surface area contributed by atoms with Crippen LogP contribution in [0.4, 0.5) is 17.1 Å². The minimum absolute atomic E-state index is 0.235. The Hall–Kier alpha value is -7.20. The van der Waals surface area contributed by atoms with Gasteiger partial charge in [-0.05, 0) is 119 Å². The molecule has 62 heavy (non-hydrogen) atoms. The second-order valence-electron chi connectivity index (χ2n) is 17.4. The van der Waals surface area contributed by atoms with Crippen molar-refractivity contribution in [3.63, 3.8) is 0 Å². The molecular formula is C59H44N2S. The molecule has 0 radical (unpaired) electrons. The van der Waals surface area contributed by atoms with Crippen LogP contribution in [0.1, 0.15) is 43.2 Å². The fraction of sp³-hybridized carbons (Fsp3) is 0.0847. The van der Waals surface area contributed by atoms with E-state index < -0.39 is 0 Å². The first-order valence-corrected chi connectivity index (χ1v) is 22.4. The van der Waals surface area contributed by atoms with E-state index in [-0.39, 0.29) is 5.41 Å². The van der Waals surface area contributed by atoms with Crippen molar-refractivity contribution in [2.45, 2.75) is 33.1 Å². The lowest BCUT2D eigenvalue weighted by Gasteiger charge is -2.29. The van der Waals surface area contributed by atoms with E-state index in [9.17, 15) is 0 Å². The molecule has 3 heterocycles. The predicted molar refractivity (Wildman–Crippen MR) is 268 cm³/mol. The maximum atomic E-state index is 2.50. The van der Waals surface area contributed by atoms with Crippen molar-refractivity contribution in [1.82, 2.24) is 4.40 Å². The maximum Gasteiger partial charge on any atom is 0.0643 e. The lowest BCUT2D eigenvalue weighted by molar-refractivity contribution is 0.660. The zero-order chi connectivity index (χ0) is 41.7. The van der Waals surface area contributed by atoms with Crippen LogP contribution in [0.5, 0.6) is 0 Å². The minimum Gasteiger partial charge on any atom is -0.309 e. The third-order valence-corrected chi connectivity index (χ3v) is 14.5. The number of thiophene rings is 1. The molecule has 0 spiro atoms. The van der Waals surface area contributed by atoms with Gasteiger partial charge in [-0.2, -0.15) is 0 Å². The molecule has 2 nitrogen and oxygen atoms in total. The van der Waals surface area contributed by atoms with Crippen molar-refractivity contribution in [3.05, 3.63) is 210 Å². The Morgan fingerprint density at radius 2 is 1.21 bits per heavy atom. The molecule has 8 aromatic carbocycles. The van der Waals surface area contributed by atoms with Crippen molar-refractivity contribution in [3.8, 4) is 33.4 Å². The first kappa shape index (κ1) is 36.6. The van der Waals surface area contributed by atoms with Gasteiger partial charge in [0.05, 0.1) is 21.4 Å². The van der Waals surface area contributed by atoms with Gasteiger partial charge in [0, 0.05) is 59.7 Å². The molecule has 3 heteroatoms. The summed E-state index contributed by atoms with van der Waals surface area (Å²) >= 11 is 1.89. The smallest absolute Gasteiger partial charge is 0.0643 e. The Morgan fingerprint density at radius 3 is 2.03 bits per heavy atom. The van der Waals surface area contributed by atoms with Crippen LogP contribution in [0.15, 0.2) is 188 Å². The summed E-state index contributed by atoms with van der Waals surface area (Å²) in [4.78, 5) is 2.50. The molecule has 0 saturated carbocycles. The van der Waals surface area contributed by atoms with Gasteiger partial charge in [-0.25, -0.2) is 0 Å². The highest BCUT2D eigenvalue weighted by atomic mass is 32.1. The van der Waals surface area contributed by atoms with Gasteiger partial charge in [0.25, 0.3) is 0 Å². The summed E-state index contributed by atoms with van der Waals surface area (Å²) in [6.07, 6.45) is 8.56. The molecule has 0 unspecified atom stereocenters. The molecule has 1 aliphatic rings. The number of allylic oxidation sites excluding steroid dienone is 3. The first-order valence-electron chi connectivity index (χ1n) is 21.6. The minimum atomic E-state index is -0.235. The molecule has 0 N–H and O–H groups in total. The van der Waals surface area contributed by atoms with Crippen LogP contribution in [0, 0.1) is 6.92 Å². The van der Waals surface area contributed by atoms with Crippen molar-refractivity contribution < 1.29 is 0 Å². The number of aromatic nitrogens is 1. The number of fused-ring (bicyclic) bond motifs is 9. The predicted octanol–water partition coefficient (Wildman–Crippen LogP) is 17.1. The Kier molecular flexibility index (Phi) is 8.23. The van der Waals surface area contributed by atoms with Crippen molar-refractivity contribution >= 4 is 81.8 Å². The van der Waals surface area contributed by atoms with E-state index in [1.54, 1.807) is 0 Å². The molecule has 296 valence electrons. The topological polar surface area (TPSA) is 7.65 Å². The van der Waals surface area contributed by atoms with Crippen LogP contribution in [0.2, 0.25) is 0 Å². The molecule has 0 aliphatic heterocycles. The van der Waals surface area contributed by atoms with Crippen LogP contribution in [0.3, 0.4) is 0 Å². The summed E-state index contributed by atoms with van der Waals surface area (Å²) in [7, 11) is 0. The molecular weight excluding hydrogens is 769 g/mol. The van der Waals surface area contributed by atoms with Crippen LogP contribution < -0.4 is 4.90 Å². The number of benzene rings is 8. The van der Waals surface area contributed by atoms with E-state index in [4.69, 9.17) is 0 Å². The zero-order valence-electron chi connectivity index (χ0n) is 35.3.